The summed E-state index contributed by atoms with van der Waals surface area (Å²) in [6, 6.07) is 0. The highest BCUT2D eigenvalue weighted by Gasteiger charge is 2.41. The van der Waals surface area contributed by atoms with Gasteiger partial charge in [-0.3, -0.25) is 9.59 Å². The van der Waals surface area contributed by atoms with Gasteiger partial charge in [-0.1, -0.05) is 19.3 Å². The van der Waals surface area contributed by atoms with Crippen molar-refractivity contribution in [3.8, 4) is 12.3 Å². The Morgan fingerprint density at radius 2 is 2.11 bits per heavy atom. The van der Waals surface area contributed by atoms with Gasteiger partial charge in [0.05, 0.1) is 17.6 Å². The molecule has 2 N–H and O–H groups in total. The summed E-state index contributed by atoms with van der Waals surface area (Å²) in [6.45, 7) is 2.59. The van der Waals surface area contributed by atoms with Crippen LogP contribution in [0.3, 0.4) is 0 Å². The largest absolute Gasteiger partial charge is 0.481 e. The van der Waals surface area contributed by atoms with Crippen LogP contribution in [0.4, 0.5) is 0 Å². The lowest BCUT2D eigenvalue weighted by Crippen LogP contribution is -2.36. The number of nitrogens with one attached hydrogen (secondary N) is 1. The quantitative estimate of drug-likeness (QED) is 0.550. The third kappa shape index (κ3) is 4.79. The molecule has 1 rings (SSSR count). The van der Waals surface area contributed by atoms with E-state index in [4.69, 9.17) is 6.42 Å². The lowest BCUT2D eigenvalue weighted by Gasteiger charge is -2.15. The number of rotatable bonds is 7. The van der Waals surface area contributed by atoms with Crippen molar-refractivity contribution in [3.63, 3.8) is 0 Å². The number of hydrogen-bond donors (Lipinski definition) is 2. The molecule has 0 aromatic rings. The van der Waals surface area contributed by atoms with Crippen LogP contribution in [0.5, 0.6) is 0 Å². The molecule has 0 heterocycles. The molecule has 1 aliphatic rings. The van der Waals surface area contributed by atoms with Crippen molar-refractivity contribution in [1.82, 2.24) is 5.32 Å². The van der Waals surface area contributed by atoms with E-state index in [1.165, 1.54) is 0 Å². The molecule has 5 heteroatoms. The molecule has 0 spiro atoms. The first-order valence-corrected chi connectivity index (χ1v) is 7.77. The monoisotopic (exact) mass is 283 g/mol. The highest BCUT2D eigenvalue weighted by atomic mass is 32.2. The smallest absolute Gasteiger partial charge is 0.307 e. The third-order valence-corrected chi connectivity index (χ3v) is 4.49. The highest BCUT2D eigenvalue weighted by Crippen LogP contribution is 2.38. The maximum atomic E-state index is 12.0. The summed E-state index contributed by atoms with van der Waals surface area (Å²) >= 11 is 1.58. The van der Waals surface area contributed by atoms with Gasteiger partial charge in [0, 0.05) is 12.3 Å². The molecule has 0 aromatic carbocycles. The fourth-order valence-corrected chi connectivity index (χ4v) is 3.06. The SMILES string of the molecule is C#CCSCCNC(=O)[C@H]1CC(CC)C[C@H]1C(=O)O. The maximum absolute atomic E-state index is 12.0. The van der Waals surface area contributed by atoms with E-state index < -0.39 is 11.9 Å². The normalized spacial score (nSPS) is 25.8. The molecule has 4 nitrogen and oxygen atoms in total. The Balaban J connectivity index is 2.41. The standard InChI is InChI=1S/C14H21NO3S/c1-3-6-19-7-5-15-13(16)11-8-10(4-2)9-12(11)14(17)18/h1,10-12H,4-9H2,2H3,(H,15,16)(H,17,18)/t10?,11-,12+/m0/s1. The van der Waals surface area contributed by atoms with E-state index >= 15 is 0 Å². The van der Waals surface area contributed by atoms with E-state index in [2.05, 4.69) is 11.2 Å². The minimum atomic E-state index is -0.849. The second-order valence-corrected chi connectivity index (χ2v) is 5.95. The minimum absolute atomic E-state index is 0.121. The predicted molar refractivity (Wildman–Crippen MR) is 76.8 cm³/mol. The van der Waals surface area contributed by atoms with Crippen LogP contribution in [-0.4, -0.2) is 35.0 Å². The van der Waals surface area contributed by atoms with E-state index in [9.17, 15) is 14.7 Å². The molecule has 1 fully saturated rings. The van der Waals surface area contributed by atoms with E-state index in [-0.39, 0.29) is 11.8 Å². The molecular weight excluding hydrogens is 262 g/mol. The molecule has 0 saturated heterocycles. The number of carboxylic acids is 1. The molecule has 0 radical (unpaired) electrons. The van der Waals surface area contributed by atoms with Crippen molar-refractivity contribution in [3.05, 3.63) is 0 Å². The number of carboxylic acid groups (broad SMARTS) is 1. The Hall–Kier alpha value is -1.15. The first-order chi connectivity index (χ1) is 9.10. The summed E-state index contributed by atoms with van der Waals surface area (Å²) in [5.74, 6) is 2.40. The van der Waals surface area contributed by atoms with Crippen LogP contribution in [0.2, 0.25) is 0 Å². The van der Waals surface area contributed by atoms with Crippen molar-refractivity contribution in [1.29, 1.82) is 0 Å². The van der Waals surface area contributed by atoms with Gasteiger partial charge in [0.1, 0.15) is 0 Å². The van der Waals surface area contributed by atoms with E-state index in [0.29, 0.717) is 31.1 Å². The summed E-state index contributed by atoms with van der Waals surface area (Å²) in [5.41, 5.74) is 0. The van der Waals surface area contributed by atoms with Gasteiger partial charge < -0.3 is 10.4 Å². The van der Waals surface area contributed by atoms with Gasteiger partial charge >= 0.3 is 5.97 Å². The van der Waals surface area contributed by atoms with E-state index in [1.807, 2.05) is 6.92 Å². The number of amides is 1. The molecular formula is C14H21NO3S. The van der Waals surface area contributed by atoms with Gasteiger partial charge in [-0.15, -0.1) is 18.2 Å². The Morgan fingerprint density at radius 3 is 2.68 bits per heavy atom. The number of terminal acetylenes is 1. The van der Waals surface area contributed by atoms with Crippen LogP contribution in [0, 0.1) is 30.1 Å². The Labute approximate surface area is 118 Å². The molecule has 19 heavy (non-hydrogen) atoms. The van der Waals surface area contributed by atoms with Gasteiger partial charge in [0.25, 0.3) is 0 Å². The fraction of sp³-hybridized carbons (Fsp3) is 0.714. The summed E-state index contributed by atoms with van der Waals surface area (Å²) in [7, 11) is 0. The number of carbonyl (C=O) groups is 2. The third-order valence-electron chi connectivity index (χ3n) is 3.62. The van der Waals surface area contributed by atoms with Crippen molar-refractivity contribution >= 4 is 23.6 Å². The number of aliphatic carboxylic acids is 1. The second kappa shape index (κ2) is 8.11. The van der Waals surface area contributed by atoms with Gasteiger partial charge in [-0.25, -0.2) is 0 Å². The van der Waals surface area contributed by atoms with Crippen molar-refractivity contribution < 1.29 is 14.7 Å². The number of thioether (sulfide) groups is 1. The fourth-order valence-electron chi connectivity index (χ4n) is 2.55. The molecule has 3 atom stereocenters. The maximum Gasteiger partial charge on any atom is 0.307 e. The molecule has 1 amide bonds. The van der Waals surface area contributed by atoms with Crippen molar-refractivity contribution in [2.75, 3.05) is 18.1 Å². The molecule has 0 bridgehead atoms. The zero-order valence-corrected chi connectivity index (χ0v) is 12.0. The second-order valence-electron chi connectivity index (χ2n) is 4.84. The van der Waals surface area contributed by atoms with Crippen LogP contribution in [-0.2, 0) is 9.59 Å². The van der Waals surface area contributed by atoms with Gasteiger partial charge in [-0.2, -0.15) is 0 Å². The van der Waals surface area contributed by atoms with Crippen LogP contribution >= 0.6 is 11.8 Å². The first-order valence-electron chi connectivity index (χ1n) is 6.61. The summed E-state index contributed by atoms with van der Waals surface area (Å²) in [4.78, 5) is 23.2. The average Bonchev–Trinajstić information content (AvgIpc) is 2.82. The van der Waals surface area contributed by atoms with Gasteiger partial charge in [0.2, 0.25) is 5.91 Å². The van der Waals surface area contributed by atoms with Gasteiger partial charge in [0.15, 0.2) is 0 Å². The summed E-state index contributed by atoms with van der Waals surface area (Å²) < 4.78 is 0. The van der Waals surface area contributed by atoms with Gasteiger partial charge in [-0.05, 0) is 18.8 Å². The zero-order chi connectivity index (χ0) is 14.3. The van der Waals surface area contributed by atoms with Crippen LogP contribution in [0.1, 0.15) is 26.2 Å². The number of carbonyl (C=O) groups excluding carboxylic acids is 1. The lowest BCUT2D eigenvalue weighted by atomic mass is 9.95. The molecule has 0 aliphatic heterocycles. The molecule has 1 unspecified atom stereocenters. The Morgan fingerprint density at radius 1 is 1.42 bits per heavy atom. The molecule has 1 aliphatic carbocycles. The van der Waals surface area contributed by atoms with Crippen LogP contribution < -0.4 is 5.32 Å². The number of hydrogen-bond acceptors (Lipinski definition) is 3. The van der Waals surface area contributed by atoms with Crippen LogP contribution in [0.15, 0.2) is 0 Å². The molecule has 1 saturated carbocycles. The van der Waals surface area contributed by atoms with Crippen molar-refractivity contribution in [2.24, 2.45) is 17.8 Å². The van der Waals surface area contributed by atoms with E-state index in [0.717, 1.165) is 12.2 Å². The Kier molecular flexibility index (Phi) is 6.79. The zero-order valence-electron chi connectivity index (χ0n) is 11.2. The topological polar surface area (TPSA) is 66.4 Å². The van der Waals surface area contributed by atoms with E-state index in [1.54, 1.807) is 11.8 Å². The summed E-state index contributed by atoms with van der Waals surface area (Å²) in [5, 5.41) is 12.0. The Bertz CT molecular complexity index is 364. The first kappa shape index (κ1) is 15.9. The van der Waals surface area contributed by atoms with Crippen LogP contribution in [0.25, 0.3) is 0 Å². The average molecular weight is 283 g/mol. The predicted octanol–water partition coefficient (Wildman–Crippen LogP) is 1.61. The minimum Gasteiger partial charge on any atom is -0.481 e. The lowest BCUT2D eigenvalue weighted by molar-refractivity contribution is -0.146. The molecule has 0 aromatic heterocycles. The highest BCUT2D eigenvalue weighted by molar-refractivity contribution is 7.99. The summed E-state index contributed by atoms with van der Waals surface area (Å²) in [6.07, 6.45) is 7.38. The van der Waals surface area contributed by atoms with Crippen molar-refractivity contribution in [2.45, 2.75) is 26.2 Å². The molecule has 106 valence electrons.